The molecule has 1 aromatic heterocycles. The molecule has 0 aliphatic rings. The number of rotatable bonds is 0. The van der Waals surface area contributed by atoms with Crippen LogP contribution in [0.5, 0.6) is 0 Å². The zero-order valence-electron chi connectivity index (χ0n) is 10.7. The van der Waals surface area contributed by atoms with Crippen LogP contribution in [-0.2, 0) is 0 Å². The van der Waals surface area contributed by atoms with E-state index in [1.54, 1.807) is 0 Å². The van der Waals surface area contributed by atoms with E-state index in [0.29, 0.717) is 0 Å². The first-order valence-electron chi connectivity index (χ1n) is 5.97. The summed E-state index contributed by atoms with van der Waals surface area (Å²) in [4.78, 5) is 0. The summed E-state index contributed by atoms with van der Waals surface area (Å²) >= 11 is 1.91. The van der Waals surface area contributed by atoms with Gasteiger partial charge in [0.25, 0.3) is 0 Å². The van der Waals surface area contributed by atoms with Crippen LogP contribution in [0.2, 0.25) is 0 Å². The largest absolute Gasteiger partial charge is 0.135 e. The predicted octanol–water partition coefficient (Wildman–Crippen LogP) is 5.29. The molecule has 0 spiro atoms. The number of aryl methyl sites for hydroxylation is 4. The monoisotopic (exact) mass is 240 g/mol. The lowest BCUT2D eigenvalue weighted by Gasteiger charge is -2.03. The highest BCUT2D eigenvalue weighted by Crippen LogP contribution is 2.37. The predicted molar refractivity (Wildman–Crippen MR) is 78.3 cm³/mol. The highest BCUT2D eigenvalue weighted by Gasteiger charge is 2.09. The van der Waals surface area contributed by atoms with Gasteiger partial charge in [-0.3, -0.25) is 0 Å². The molecule has 0 aliphatic carbocycles. The fraction of sp³-hybridized carbons (Fsp3) is 0.250. The van der Waals surface area contributed by atoms with Crippen molar-refractivity contribution in [2.75, 3.05) is 0 Å². The molecule has 3 aromatic rings. The second-order valence-electron chi connectivity index (χ2n) is 4.92. The van der Waals surface area contributed by atoms with E-state index < -0.39 is 0 Å². The smallest absolute Gasteiger partial charge is 0.0358 e. The van der Waals surface area contributed by atoms with Crippen LogP contribution < -0.4 is 0 Å². The maximum atomic E-state index is 2.34. The van der Waals surface area contributed by atoms with Gasteiger partial charge < -0.3 is 0 Å². The van der Waals surface area contributed by atoms with Crippen molar-refractivity contribution in [3.05, 3.63) is 46.5 Å². The van der Waals surface area contributed by atoms with E-state index in [1.165, 1.54) is 42.4 Å². The first-order valence-corrected chi connectivity index (χ1v) is 6.79. The summed E-state index contributed by atoms with van der Waals surface area (Å²) in [6.45, 7) is 8.82. The Hall–Kier alpha value is -1.34. The maximum absolute atomic E-state index is 2.34. The molecule has 1 heteroatoms. The standard InChI is InChI=1S/C16H16S/c1-9-5-6-14-16(12(9)4)13-7-10(2)11(3)8-15(13)17-14/h5-8H,1-4H3. The summed E-state index contributed by atoms with van der Waals surface area (Å²) in [5, 5.41) is 2.88. The van der Waals surface area contributed by atoms with Crippen LogP contribution in [0, 0.1) is 27.7 Å². The Kier molecular flexibility index (Phi) is 2.27. The van der Waals surface area contributed by atoms with Gasteiger partial charge in [0.15, 0.2) is 0 Å². The molecule has 0 saturated carbocycles. The lowest BCUT2D eigenvalue weighted by molar-refractivity contribution is 1.37. The highest BCUT2D eigenvalue weighted by atomic mass is 32.1. The van der Waals surface area contributed by atoms with Crippen LogP contribution in [0.15, 0.2) is 24.3 Å². The van der Waals surface area contributed by atoms with Crippen molar-refractivity contribution in [2.45, 2.75) is 27.7 Å². The lowest BCUT2D eigenvalue weighted by atomic mass is 10.0. The summed E-state index contributed by atoms with van der Waals surface area (Å²) in [6.07, 6.45) is 0. The summed E-state index contributed by atoms with van der Waals surface area (Å²) in [5.74, 6) is 0. The Morgan fingerprint density at radius 3 is 2.24 bits per heavy atom. The average Bonchev–Trinajstić information content (AvgIpc) is 2.63. The van der Waals surface area contributed by atoms with E-state index in [9.17, 15) is 0 Å². The minimum absolute atomic E-state index is 1.38. The molecule has 17 heavy (non-hydrogen) atoms. The van der Waals surface area contributed by atoms with Crippen LogP contribution in [-0.4, -0.2) is 0 Å². The van der Waals surface area contributed by atoms with Crippen molar-refractivity contribution in [3.63, 3.8) is 0 Å². The Bertz CT molecular complexity index is 732. The molecule has 0 amide bonds. The van der Waals surface area contributed by atoms with E-state index in [4.69, 9.17) is 0 Å². The van der Waals surface area contributed by atoms with Crippen LogP contribution >= 0.6 is 11.3 Å². The molecule has 0 unspecified atom stereocenters. The van der Waals surface area contributed by atoms with E-state index >= 15 is 0 Å². The molecular formula is C16H16S. The minimum atomic E-state index is 1.38. The average molecular weight is 240 g/mol. The van der Waals surface area contributed by atoms with Crippen molar-refractivity contribution in [2.24, 2.45) is 0 Å². The molecule has 0 atom stereocenters. The quantitative estimate of drug-likeness (QED) is 0.501. The zero-order valence-corrected chi connectivity index (χ0v) is 11.5. The molecular weight excluding hydrogens is 224 g/mol. The molecule has 3 rings (SSSR count). The van der Waals surface area contributed by atoms with Gasteiger partial charge in [-0.1, -0.05) is 6.07 Å². The van der Waals surface area contributed by atoms with Gasteiger partial charge >= 0.3 is 0 Å². The van der Waals surface area contributed by atoms with Crippen LogP contribution in [0.25, 0.3) is 20.2 Å². The number of hydrogen-bond acceptors (Lipinski definition) is 1. The number of hydrogen-bond donors (Lipinski definition) is 0. The van der Waals surface area contributed by atoms with Crippen molar-refractivity contribution in [3.8, 4) is 0 Å². The molecule has 0 fully saturated rings. The van der Waals surface area contributed by atoms with E-state index in [0.717, 1.165) is 0 Å². The lowest BCUT2D eigenvalue weighted by Crippen LogP contribution is -1.82. The normalized spacial score (nSPS) is 11.5. The molecule has 0 radical (unpaired) electrons. The molecule has 0 bridgehead atoms. The summed E-state index contributed by atoms with van der Waals surface area (Å²) < 4.78 is 2.82. The highest BCUT2D eigenvalue weighted by molar-refractivity contribution is 7.25. The summed E-state index contributed by atoms with van der Waals surface area (Å²) in [7, 11) is 0. The number of fused-ring (bicyclic) bond motifs is 3. The van der Waals surface area contributed by atoms with Gasteiger partial charge in [0.2, 0.25) is 0 Å². The van der Waals surface area contributed by atoms with Crippen molar-refractivity contribution < 1.29 is 0 Å². The zero-order chi connectivity index (χ0) is 12.2. The van der Waals surface area contributed by atoms with E-state index in [-0.39, 0.29) is 0 Å². The topological polar surface area (TPSA) is 0 Å². The number of benzene rings is 2. The van der Waals surface area contributed by atoms with Gasteiger partial charge in [-0.2, -0.15) is 0 Å². The Morgan fingerprint density at radius 1 is 0.765 bits per heavy atom. The van der Waals surface area contributed by atoms with Gasteiger partial charge in [-0.15, -0.1) is 11.3 Å². The fourth-order valence-electron chi connectivity index (χ4n) is 2.40. The van der Waals surface area contributed by atoms with Crippen molar-refractivity contribution in [1.82, 2.24) is 0 Å². The van der Waals surface area contributed by atoms with Gasteiger partial charge in [0, 0.05) is 20.2 Å². The third-order valence-corrected chi connectivity index (χ3v) is 4.90. The van der Waals surface area contributed by atoms with Crippen LogP contribution in [0.4, 0.5) is 0 Å². The third kappa shape index (κ3) is 1.49. The summed E-state index contributed by atoms with van der Waals surface area (Å²) in [6, 6.07) is 9.15. The van der Waals surface area contributed by atoms with Gasteiger partial charge in [-0.05, 0) is 68.1 Å². The van der Waals surface area contributed by atoms with Crippen LogP contribution in [0.1, 0.15) is 22.3 Å². The summed E-state index contributed by atoms with van der Waals surface area (Å²) in [5.41, 5.74) is 5.59. The second kappa shape index (κ2) is 3.58. The van der Waals surface area contributed by atoms with Crippen LogP contribution in [0.3, 0.4) is 0 Å². The Labute approximate surface area is 106 Å². The molecule has 0 aliphatic heterocycles. The van der Waals surface area contributed by atoms with Gasteiger partial charge in [-0.25, -0.2) is 0 Å². The third-order valence-electron chi connectivity index (χ3n) is 3.78. The van der Waals surface area contributed by atoms with Gasteiger partial charge in [0.1, 0.15) is 0 Å². The molecule has 2 aromatic carbocycles. The molecule has 0 saturated heterocycles. The fourth-order valence-corrected chi connectivity index (χ4v) is 3.64. The van der Waals surface area contributed by atoms with Crippen molar-refractivity contribution >= 4 is 31.5 Å². The first kappa shape index (κ1) is 10.8. The maximum Gasteiger partial charge on any atom is 0.0358 e. The van der Waals surface area contributed by atoms with E-state index in [1.807, 2.05) is 11.3 Å². The molecule has 86 valence electrons. The number of thiophene rings is 1. The first-order chi connectivity index (χ1) is 8.08. The molecule has 0 N–H and O–H groups in total. The second-order valence-corrected chi connectivity index (χ2v) is 6.00. The van der Waals surface area contributed by atoms with Crippen molar-refractivity contribution in [1.29, 1.82) is 0 Å². The minimum Gasteiger partial charge on any atom is -0.135 e. The van der Waals surface area contributed by atoms with E-state index in [2.05, 4.69) is 52.0 Å². The SMILES string of the molecule is Cc1cc2sc3ccc(C)c(C)c3c2cc1C. The van der Waals surface area contributed by atoms with Gasteiger partial charge in [0.05, 0.1) is 0 Å². The Balaban J connectivity index is 2.58. The molecule has 0 nitrogen and oxygen atoms in total. The molecule has 1 heterocycles. The Morgan fingerprint density at radius 2 is 1.47 bits per heavy atom.